The molecule has 7 rings (SSSR count). The van der Waals surface area contributed by atoms with Gasteiger partial charge in [-0.05, 0) is 51.4 Å². The van der Waals surface area contributed by atoms with E-state index < -0.39 is 53.8 Å². The van der Waals surface area contributed by atoms with Crippen LogP contribution in [-0.2, 0) is 49.7 Å². The van der Waals surface area contributed by atoms with Crippen LogP contribution in [0.5, 0.6) is 5.75 Å². The third kappa shape index (κ3) is 10.4. The lowest BCUT2D eigenvalue weighted by molar-refractivity contribution is -0.142. The van der Waals surface area contributed by atoms with Gasteiger partial charge in [0.05, 0.1) is 0 Å². The Kier molecular flexibility index (Phi) is 12.5. The van der Waals surface area contributed by atoms with Crippen LogP contribution in [-0.4, -0.2) is 65.5 Å². The second-order valence-corrected chi connectivity index (χ2v) is 14.1. The summed E-state index contributed by atoms with van der Waals surface area (Å²) in [7, 11) is 0. The van der Waals surface area contributed by atoms with E-state index in [1.807, 2.05) is 78.2 Å². The lowest BCUT2D eigenvalue weighted by Gasteiger charge is -2.26. The number of hydrogen-bond donors (Lipinski definition) is 5. The summed E-state index contributed by atoms with van der Waals surface area (Å²) in [6, 6.07) is 31.9. The van der Waals surface area contributed by atoms with Crippen LogP contribution in [0.2, 0.25) is 0 Å². The number of rotatable bonds is 8. The van der Waals surface area contributed by atoms with Crippen LogP contribution >= 0.6 is 11.3 Å². The third-order valence-corrected chi connectivity index (χ3v) is 9.93. The monoisotopic (exact) mass is 744 g/mol. The summed E-state index contributed by atoms with van der Waals surface area (Å²) in [4.78, 5) is 68.6. The predicted octanol–water partition coefficient (Wildman–Crippen LogP) is 4.10. The van der Waals surface area contributed by atoms with E-state index in [0.717, 1.165) is 27.1 Å². The largest absolute Gasteiger partial charge is 0.484 e. The smallest absolute Gasteiger partial charge is 0.326 e. The topological polar surface area (TPSA) is 163 Å². The number of carboxylic acids is 1. The van der Waals surface area contributed by atoms with Crippen LogP contribution < -0.4 is 26.0 Å². The summed E-state index contributed by atoms with van der Waals surface area (Å²) >= 11 is 1.43. The number of benzene rings is 4. The van der Waals surface area contributed by atoms with Crippen molar-refractivity contribution in [2.75, 3.05) is 6.61 Å². The van der Waals surface area contributed by atoms with E-state index in [0.29, 0.717) is 11.3 Å². The maximum Gasteiger partial charge on any atom is 0.326 e. The molecule has 0 unspecified atom stereocenters. The molecule has 0 spiro atoms. The van der Waals surface area contributed by atoms with E-state index in [4.69, 9.17) is 4.74 Å². The maximum absolute atomic E-state index is 14.3. The number of aliphatic carboxylic acids is 1. The number of amides is 4. The first-order valence-electron chi connectivity index (χ1n) is 17.6. The van der Waals surface area contributed by atoms with Crippen LogP contribution in [0.25, 0.3) is 11.1 Å². The van der Waals surface area contributed by atoms with Crippen molar-refractivity contribution in [3.8, 4) is 16.9 Å². The molecule has 0 aliphatic carbocycles. The van der Waals surface area contributed by atoms with Gasteiger partial charge in [0, 0.05) is 30.6 Å². The van der Waals surface area contributed by atoms with E-state index in [2.05, 4.69) is 21.3 Å². The molecule has 5 aromatic rings. The summed E-state index contributed by atoms with van der Waals surface area (Å²) in [6.07, 6.45) is 0.233. The Morgan fingerprint density at radius 3 is 1.76 bits per heavy atom. The van der Waals surface area contributed by atoms with Crippen LogP contribution in [0.15, 0.2) is 127 Å². The van der Waals surface area contributed by atoms with Crippen molar-refractivity contribution in [1.82, 2.24) is 21.3 Å². The van der Waals surface area contributed by atoms with Crippen molar-refractivity contribution in [3.63, 3.8) is 0 Å². The molecule has 5 N–H and O–H groups in total. The Morgan fingerprint density at radius 2 is 1.17 bits per heavy atom. The Hall–Kier alpha value is -6.27. The molecule has 12 heteroatoms. The average molecular weight is 745 g/mol. The molecule has 4 atom stereocenters. The molecule has 54 heavy (non-hydrogen) atoms. The molecule has 1 aromatic heterocycles. The SMILES string of the molecule is O=C1COc2ccc(cc2)C[C@H](C(=O)O)NC(=O)[C@@H](Cc2ccccc2)NC(=O)[C@H](Cc2ccc(-c3ccccc3)cc2)NC(=O)[C@@H](Cc2cccs2)N1. The lowest BCUT2D eigenvalue weighted by atomic mass is 9.99. The normalized spacial score (nSPS) is 19.9. The quantitative estimate of drug-likeness (QED) is 0.150. The van der Waals surface area contributed by atoms with E-state index in [9.17, 15) is 29.1 Å². The molecule has 11 nitrogen and oxygen atoms in total. The average Bonchev–Trinajstić information content (AvgIpc) is 3.70. The van der Waals surface area contributed by atoms with E-state index in [1.165, 1.54) is 11.3 Å². The number of thiophene rings is 1. The van der Waals surface area contributed by atoms with Gasteiger partial charge in [-0.2, -0.15) is 0 Å². The minimum atomic E-state index is -1.32. The number of fused-ring (bicyclic) bond motifs is 16. The number of hydrogen-bond acceptors (Lipinski definition) is 7. The summed E-state index contributed by atoms with van der Waals surface area (Å²) in [5.74, 6) is -3.39. The zero-order valence-corrected chi connectivity index (χ0v) is 30.1. The molecule has 0 radical (unpaired) electrons. The molecule has 4 amide bonds. The molecule has 276 valence electrons. The fourth-order valence-electron chi connectivity index (χ4n) is 6.17. The van der Waals surface area contributed by atoms with Crippen LogP contribution in [0.1, 0.15) is 21.6 Å². The van der Waals surface area contributed by atoms with Gasteiger partial charge in [-0.3, -0.25) is 19.2 Å². The minimum Gasteiger partial charge on any atom is -0.484 e. The summed E-state index contributed by atoms with van der Waals surface area (Å²) < 4.78 is 5.68. The number of carbonyl (C=O) groups is 5. The van der Waals surface area contributed by atoms with Gasteiger partial charge in [0.15, 0.2) is 6.61 Å². The molecule has 2 aliphatic rings. The Labute approximate surface area is 316 Å². The molecule has 0 saturated heterocycles. The Balaban J connectivity index is 1.34. The first kappa shape index (κ1) is 37.5. The lowest BCUT2D eigenvalue weighted by Crippen LogP contribution is -2.59. The zero-order valence-electron chi connectivity index (χ0n) is 29.3. The van der Waals surface area contributed by atoms with Gasteiger partial charge in [-0.25, -0.2) is 4.79 Å². The highest BCUT2D eigenvalue weighted by molar-refractivity contribution is 7.09. The van der Waals surface area contributed by atoms with Crippen molar-refractivity contribution in [2.24, 2.45) is 0 Å². The molecule has 0 fully saturated rings. The minimum absolute atomic E-state index is 0.0457. The molecule has 0 saturated carbocycles. The number of carbonyl (C=O) groups excluding carboxylic acids is 4. The van der Waals surface area contributed by atoms with Gasteiger partial charge in [-0.15, -0.1) is 11.3 Å². The highest BCUT2D eigenvalue weighted by atomic mass is 32.1. The highest BCUT2D eigenvalue weighted by Gasteiger charge is 2.32. The molecule has 2 bridgehead atoms. The van der Waals surface area contributed by atoms with Crippen molar-refractivity contribution >= 4 is 40.9 Å². The number of carboxylic acid groups (broad SMARTS) is 1. The van der Waals surface area contributed by atoms with Crippen LogP contribution in [0.3, 0.4) is 0 Å². The van der Waals surface area contributed by atoms with E-state index >= 15 is 0 Å². The predicted molar refractivity (Wildman–Crippen MR) is 205 cm³/mol. The van der Waals surface area contributed by atoms with Crippen molar-refractivity contribution in [2.45, 2.75) is 49.9 Å². The highest BCUT2D eigenvalue weighted by Crippen LogP contribution is 2.21. The van der Waals surface area contributed by atoms with Crippen molar-refractivity contribution in [3.05, 3.63) is 148 Å². The van der Waals surface area contributed by atoms with Gasteiger partial charge in [-0.1, -0.05) is 103 Å². The van der Waals surface area contributed by atoms with Crippen LogP contribution in [0, 0.1) is 0 Å². The Bertz CT molecular complexity index is 2040. The van der Waals surface area contributed by atoms with Gasteiger partial charge in [0.25, 0.3) is 5.91 Å². The fourth-order valence-corrected chi connectivity index (χ4v) is 6.92. The first-order chi connectivity index (χ1) is 26.2. The second-order valence-electron chi connectivity index (χ2n) is 13.0. The van der Waals surface area contributed by atoms with E-state index in [1.54, 1.807) is 48.5 Å². The second kappa shape index (κ2) is 18.0. The van der Waals surface area contributed by atoms with E-state index in [-0.39, 0.29) is 32.3 Å². The standard InChI is InChI=1S/C42H40N4O7S/c47-38-26-53-32-19-15-29(16-20-32)24-37(42(51)52)46-40(49)34(22-27-8-3-1-4-9-27)44-39(48)35(45-41(50)36(43-38)25-33-12-7-21-54-33)23-28-13-17-31(18-14-28)30-10-5-2-6-11-30/h1-21,34-37H,22-26H2,(H,43,47)(H,44,48)(H,45,50)(H,46,49)(H,51,52)/t34-,35+,36-,37-/m1/s1. The van der Waals surface area contributed by atoms with Gasteiger partial charge in [0.1, 0.15) is 29.9 Å². The van der Waals surface area contributed by atoms with Crippen molar-refractivity contribution in [1.29, 1.82) is 0 Å². The summed E-state index contributed by atoms with van der Waals surface area (Å²) in [5, 5.41) is 23.0. The van der Waals surface area contributed by atoms with Gasteiger partial charge < -0.3 is 31.1 Å². The zero-order chi connectivity index (χ0) is 37.9. The molecular weight excluding hydrogens is 705 g/mol. The molecule has 4 aromatic carbocycles. The summed E-state index contributed by atoms with van der Waals surface area (Å²) in [6.45, 7) is -0.389. The third-order valence-electron chi connectivity index (χ3n) is 9.03. The van der Waals surface area contributed by atoms with Gasteiger partial charge in [0.2, 0.25) is 17.7 Å². The molecule has 2 aliphatic heterocycles. The summed E-state index contributed by atoms with van der Waals surface area (Å²) in [5.41, 5.74) is 4.06. The van der Waals surface area contributed by atoms with Gasteiger partial charge >= 0.3 is 5.97 Å². The van der Waals surface area contributed by atoms with Crippen molar-refractivity contribution < 1.29 is 33.8 Å². The van der Waals surface area contributed by atoms with Crippen LogP contribution in [0.4, 0.5) is 0 Å². The number of nitrogens with one attached hydrogen (secondary N) is 4. The molecular formula is C42H40N4O7S. The maximum atomic E-state index is 14.3. The molecule has 3 heterocycles. The Morgan fingerprint density at radius 1 is 0.611 bits per heavy atom. The number of ether oxygens (including phenoxy) is 1. The fraction of sp³-hybridized carbons (Fsp3) is 0.214. The first-order valence-corrected chi connectivity index (χ1v) is 18.4.